The predicted octanol–water partition coefficient (Wildman–Crippen LogP) is 5.27. The normalized spacial score (nSPS) is 13.7. The van der Waals surface area contributed by atoms with Crippen LogP contribution in [-0.2, 0) is 17.6 Å². The first-order valence-electron chi connectivity index (χ1n) is 7.90. The van der Waals surface area contributed by atoms with Crippen LogP contribution < -0.4 is 5.32 Å². The summed E-state index contributed by atoms with van der Waals surface area (Å²) in [5.41, 5.74) is 1.82. The van der Waals surface area contributed by atoms with Crippen LogP contribution in [0.3, 0.4) is 0 Å². The molecule has 0 fully saturated rings. The van der Waals surface area contributed by atoms with E-state index < -0.39 is 0 Å². The van der Waals surface area contributed by atoms with E-state index in [1.54, 1.807) is 11.3 Å². The van der Waals surface area contributed by atoms with E-state index in [2.05, 4.69) is 11.4 Å². The van der Waals surface area contributed by atoms with Gasteiger partial charge in [-0.3, -0.25) is 4.79 Å². The molecular weight excluding hydrogens is 360 g/mol. The van der Waals surface area contributed by atoms with Gasteiger partial charge in [0.2, 0.25) is 5.91 Å². The zero-order valence-electron chi connectivity index (χ0n) is 13.1. The summed E-state index contributed by atoms with van der Waals surface area (Å²) in [6, 6.07) is 9.71. The van der Waals surface area contributed by atoms with Gasteiger partial charge in [-0.25, -0.2) is 0 Å². The fourth-order valence-electron chi connectivity index (χ4n) is 2.79. The highest BCUT2D eigenvalue weighted by Crippen LogP contribution is 2.37. The van der Waals surface area contributed by atoms with Gasteiger partial charge >= 0.3 is 0 Å². The lowest BCUT2D eigenvalue weighted by Crippen LogP contribution is -2.13. The van der Waals surface area contributed by atoms with Crippen molar-refractivity contribution in [1.29, 1.82) is 5.26 Å². The van der Waals surface area contributed by atoms with Crippen molar-refractivity contribution >= 4 is 45.6 Å². The Morgan fingerprint density at radius 3 is 2.75 bits per heavy atom. The maximum Gasteiger partial charge on any atom is 0.235 e. The van der Waals surface area contributed by atoms with E-state index in [4.69, 9.17) is 11.6 Å². The van der Waals surface area contributed by atoms with Crippen LogP contribution in [-0.4, -0.2) is 11.7 Å². The van der Waals surface area contributed by atoms with E-state index in [1.165, 1.54) is 23.1 Å². The van der Waals surface area contributed by atoms with Crippen LogP contribution in [0, 0.1) is 11.3 Å². The average Bonchev–Trinajstić information content (AvgIpc) is 2.74. The highest BCUT2D eigenvalue weighted by molar-refractivity contribution is 8.00. The Morgan fingerprint density at radius 2 is 2.00 bits per heavy atom. The summed E-state index contributed by atoms with van der Waals surface area (Å²) in [5.74, 6) is 0.234. The standard InChI is InChI=1S/C18H17ClN2OS2/c19-12-6-8-13(9-7-12)23-11-17(22)21-18-15(10-20)14-4-2-1-3-5-16(14)24-18/h6-9H,1-5,11H2,(H,21,22). The van der Waals surface area contributed by atoms with Gasteiger partial charge in [-0.2, -0.15) is 5.26 Å². The molecule has 0 bridgehead atoms. The van der Waals surface area contributed by atoms with Gasteiger partial charge in [0.1, 0.15) is 11.1 Å². The summed E-state index contributed by atoms with van der Waals surface area (Å²) in [5, 5.41) is 13.8. The quantitative estimate of drug-likeness (QED) is 0.583. The van der Waals surface area contributed by atoms with Crippen molar-refractivity contribution in [2.45, 2.75) is 37.0 Å². The molecule has 6 heteroatoms. The van der Waals surface area contributed by atoms with Crippen LogP contribution in [0.25, 0.3) is 0 Å². The Bertz CT molecular complexity index is 778. The lowest BCUT2D eigenvalue weighted by Gasteiger charge is -2.04. The molecule has 3 rings (SSSR count). The predicted molar refractivity (Wildman–Crippen MR) is 101 cm³/mol. The monoisotopic (exact) mass is 376 g/mol. The van der Waals surface area contributed by atoms with E-state index in [-0.39, 0.29) is 5.91 Å². The summed E-state index contributed by atoms with van der Waals surface area (Å²) in [4.78, 5) is 14.5. The van der Waals surface area contributed by atoms with Crippen molar-refractivity contribution in [3.8, 4) is 6.07 Å². The minimum atomic E-state index is -0.0807. The maximum absolute atomic E-state index is 12.2. The molecule has 1 N–H and O–H groups in total. The van der Waals surface area contributed by atoms with Gasteiger partial charge < -0.3 is 5.32 Å². The molecule has 2 aromatic rings. The van der Waals surface area contributed by atoms with Crippen LogP contribution in [0.15, 0.2) is 29.2 Å². The van der Waals surface area contributed by atoms with Gasteiger partial charge in [-0.1, -0.05) is 18.0 Å². The number of carbonyl (C=O) groups is 1. The molecule has 1 aliphatic carbocycles. The maximum atomic E-state index is 12.2. The van der Waals surface area contributed by atoms with Gasteiger partial charge in [0.05, 0.1) is 11.3 Å². The van der Waals surface area contributed by atoms with Crippen molar-refractivity contribution in [2.24, 2.45) is 0 Å². The number of halogens is 1. The van der Waals surface area contributed by atoms with Crippen LogP contribution in [0.2, 0.25) is 5.02 Å². The number of nitrogens with one attached hydrogen (secondary N) is 1. The summed E-state index contributed by atoms with van der Waals surface area (Å²) in [6.45, 7) is 0. The number of thiophene rings is 1. The van der Waals surface area contributed by atoms with E-state index in [0.29, 0.717) is 21.3 Å². The highest BCUT2D eigenvalue weighted by atomic mass is 35.5. The average molecular weight is 377 g/mol. The first kappa shape index (κ1) is 17.3. The number of carbonyl (C=O) groups excluding carboxylic acids is 1. The third-order valence-electron chi connectivity index (χ3n) is 3.97. The second-order valence-electron chi connectivity index (χ2n) is 5.67. The Labute approximate surface area is 155 Å². The number of aryl methyl sites for hydroxylation is 1. The number of hydrogen-bond acceptors (Lipinski definition) is 4. The number of amides is 1. The van der Waals surface area contributed by atoms with Crippen LogP contribution in [0.4, 0.5) is 5.00 Å². The molecule has 0 atom stereocenters. The number of fused-ring (bicyclic) bond motifs is 1. The topological polar surface area (TPSA) is 52.9 Å². The molecule has 1 aliphatic rings. The van der Waals surface area contributed by atoms with Gasteiger partial charge in [-0.15, -0.1) is 23.1 Å². The first-order chi connectivity index (χ1) is 11.7. The largest absolute Gasteiger partial charge is 0.316 e. The second-order valence-corrected chi connectivity index (χ2v) is 8.26. The minimum absolute atomic E-state index is 0.0807. The Kier molecular flexibility index (Phi) is 5.83. The summed E-state index contributed by atoms with van der Waals surface area (Å²) in [6.07, 6.45) is 5.47. The Morgan fingerprint density at radius 1 is 1.25 bits per heavy atom. The lowest BCUT2D eigenvalue weighted by molar-refractivity contribution is -0.113. The summed E-state index contributed by atoms with van der Waals surface area (Å²) < 4.78 is 0. The molecule has 0 saturated heterocycles. The molecule has 0 saturated carbocycles. The number of thioether (sulfide) groups is 1. The number of nitrogens with zero attached hydrogens (tertiary/aromatic N) is 1. The molecule has 1 heterocycles. The van der Waals surface area contributed by atoms with E-state index in [0.717, 1.165) is 36.1 Å². The lowest BCUT2D eigenvalue weighted by atomic mass is 10.1. The van der Waals surface area contributed by atoms with Gasteiger partial charge in [-0.05, 0) is 55.5 Å². The van der Waals surface area contributed by atoms with Crippen LogP contribution in [0.1, 0.15) is 35.3 Å². The van der Waals surface area contributed by atoms with Crippen molar-refractivity contribution in [2.75, 3.05) is 11.1 Å². The molecule has 24 heavy (non-hydrogen) atoms. The number of hydrogen-bond donors (Lipinski definition) is 1. The van der Waals surface area contributed by atoms with Gasteiger partial charge in [0.25, 0.3) is 0 Å². The van der Waals surface area contributed by atoms with Crippen molar-refractivity contribution in [1.82, 2.24) is 0 Å². The number of anilines is 1. The van der Waals surface area contributed by atoms with E-state index in [9.17, 15) is 10.1 Å². The fraction of sp³-hybridized carbons (Fsp3) is 0.333. The fourth-order valence-corrected chi connectivity index (χ4v) is 4.87. The van der Waals surface area contributed by atoms with Crippen molar-refractivity contribution in [3.05, 3.63) is 45.3 Å². The Balaban J connectivity index is 1.66. The van der Waals surface area contributed by atoms with E-state index >= 15 is 0 Å². The molecule has 0 spiro atoms. The van der Waals surface area contributed by atoms with Crippen LogP contribution >= 0.6 is 34.7 Å². The molecule has 124 valence electrons. The molecular formula is C18H17ClN2OS2. The van der Waals surface area contributed by atoms with Crippen molar-refractivity contribution in [3.63, 3.8) is 0 Å². The minimum Gasteiger partial charge on any atom is -0.316 e. The van der Waals surface area contributed by atoms with Crippen LogP contribution in [0.5, 0.6) is 0 Å². The second kappa shape index (κ2) is 8.06. The number of rotatable bonds is 4. The number of benzene rings is 1. The molecule has 1 aromatic heterocycles. The van der Waals surface area contributed by atoms with Gasteiger partial charge in [0, 0.05) is 14.8 Å². The zero-order chi connectivity index (χ0) is 16.9. The molecule has 0 radical (unpaired) electrons. The van der Waals surface area contributed by atoms with Gasteiger partial charge in [0.15, 0.2) is 0 Å². The summed E-state index contributed by atoms with van der Waals surface area (Å²) in [7, 11) is 0. The zero-order valence-corrected chi connectivity index (χ0v) is 15.5. The molecule has 3 nitrogen and oxygen atoms in total. The third kappa shape index (κ3) is 4.13. The highest BCUT2D eigenvalue weighted by Gasteiger charge is 2.20. The molecule has 1 aromatic carbocycles. The SMILES string of the molecule is N#Cc1c(NC(=O)CSc2ccc(Cl)cc2)sc2c1CCCCC2. The van der Waals surface area contributed by atoms with E-state index in [1.807, 2.05) is 24.3 Å². The molecule has 0 aliphatic heterocycles. The third-order valence-corrected chi connectivity index (χ3v) is 6.44. The molecule has 0 unspecified atom stereocenters. The Hall–Kier alpha value is -1.48. The smallest absolute Gasteiger partial charge is 0.235 e. The molecule has 1 amide bonds. The number of nitriles is 1. The first-order valence-corrected chi connectivity index (χ1v) is 10.1. The summed E-state index contributed by atoms with van der Waals surface area (Å²) >= 11 is 8.89. The van der Waals surface area contributed by atoms with Crippen molar-refractivity contribution < 1.29 is 4.79 Å².